The van der Waals surface area contributed by atoms with Gasteiger partial charge in [0.1, 0.15) is 15.2 Å². The summed E-state index contributed by atoms with van der Waals surface area (Å²) in [4.78, 5) is 25.2. The van der Waals surface area contributed by atoms with Crippen molar-refractivity contribution in [3.63, 3.8) is 0 Å². The predicted molar refractivity (Wildman–Crippen MR) is 128 cm³/mol. The Balaban J connectivity index is 1.28. The number of β-amino-alcohol motifs (C(OH)–C–C–N with tert-alkyl or cyclic N) is 1. The molecule has 2 aliphatic rings. The fourth-order valence-corrected chi connectivity index (χ4v) is 5.81. The maximum absolute atomic E-state index is 13.0. The number of nitrogens with one attached hydrogen (secondary N) is 1. The summed E-state index contributed by atoms with van der Waals surface area (Å²) in [6, 6.07) is 6.69. The topological polar surface area (TPSA) is 104 Å². The van der Waals surface area contributed by atoms with Crippen molar-refractivity contribution in [2.45, 2.75) is 57.6 Å². The second-order valence-corrected chi connectivity index (χ2v) is 9.97. The fraction of sp³-hybridized carbons (Fsp3) is 0.458. The molecule has 1 amide bonds. The van der Waals surface area contributed by atoms with Gasteiger partial charge in [-0.25, -0.2) is 9.97 Å². The molecule has 1 aliphatic carbocycles. The van der Waals surface area contributed by atoms with E-state index in [-0.39, 0.29) is 18.1 Å². The van der Waals surface area contributed by atoms with Crippen LogP contribution in [0.1, 0.15) is 52.2 Å². The number of aryl methyl sites for hydroxylation is 2. The number of aliphatic hydroxyl groups is 1. The van der Waals surface area contributed by atoms with E-state index >= 15 is 0 Å². The smallest absolute Gasteiger partial charge is 0.263 e. The molecule has 1 aliphatic heterocycles. The van der Waals surface area contributed by atoms with Gasteiger partial charge < -0.3 is 21.1 Å². The molecule has 0 spiro atoms. The Morgan fingerprint density at radius 3 is 3.03 bits per heavy atom. The third-order valence-corrected chi connectivity index (χ3v) is 7.62. The second-order valence-electron chi connectivity index (χ2n) is 8.97. The molecular weight excluding hydrogens is 422 g/mol. The van der Waals surface area contributed by atoms with Gasteiger partial charge in [0.15, 0.2) is 0 Å². The van der Waals surface area contributed by atoms with Crippen molar-refractivity contribution < 1.29 is 9.90 Å². The van der Waals surface area contributed by atoms with Crippen molar-refractivity contribution in [2.75, 3.05) is 23.7 Å². The number of hydrogen-bond acceptors (Lipinski definition) is 7. The molecule has 2 atom stereocenters. The number of thiophene rings is 1. The molecule has 0 saturated carbocycles. The Morgan fingerprint density at radius 2 is 2.16 bits per heavy atom. The van der Waals surface area contributed by atoms with Crippen LogP contribution < -0.4 is 16.0 Å². The molecule has 8 heteroatoms. The van der Waals surface area contributed by atoms with Gasteiger partial charge in [-0.15, -0.1) is 11.3 Å². The van der Waals surface area contributed by atoms with Gasteiger partial charge in [-0.2, -0.15) is 0 Å². The van der Waals surface area contributed by atoms with Crippen LogP contribution in [0.5, 0.6) is 0 Å². The standard InChI is InChI=1S/C24H29N5O2S/c1-14-12-26-21-20(25)22(32-24(21)27-14)23(31)28-17-7-5-16-11-18(8-6-15(16)10-17)29-9-3-2-4-19(30)13-29/h6,8,11-12,17,19,30H,2-5,7,9-10,13,25H2,1H3,(H,28,31)/t17-,19+/m1/s1. The molecule has 0 unspecified atom stereocenters. The molecular formula is C24H29N5O2S. The molecule has 0 radical (unpaired) electrons. The van der Waals surface area contributed by atoms with Gasteiger partial charge in [-0.3, -0.25) is 4.79 Å². The van der Waals surface area contributed by atoms with Crippen LogP contribution in [0.2, 0.25) is 0 Å². The zero-order chi connectivity index (χ0) is 22.2. The summed E-state index contributed by atoms with van der Waals surface area (Å²) >= 11 is 1.30. The minimum atomic E-state index is -0.247. The first-order valence-corrected chi connectivity index (χ1v) is 12.2. The lowest BCUT2D eigenvalue weighted by molar-refractivity contribution is 0.0938. The first-order valence-electron chi connectivity index (χ1n) is 11.3. The van der Waals surface area contributed by atoms with E-state index in [1.807, 2.05) is 6.92 Å². The average molecular weight is 452 g/mol. The highest BCUT2D eigenvalue weighted by Gasteiger charge is 2.25. The monoisotopic (exact) mass is 451 g/mol. The van der Waals surface area contributed by atoms with Crippen molar-refractivity contribution in [1.82, 2.24) is 15.3 Å². The van der Waals surface area contributed by atoms with Crippen LogP contribution in [0.4, 0.5) is 11.4 Å². The molecule has 3 aromatic rings. The summed E-state index contributed by atoms with van der Waals surface area (Å²) in [7, 11) is 0. The van der Waals surface area contributed by atoms with Crippen molar-refractivity contribution in [3.05, 3.63) is 46.1 Å². The number of hydrogen-bond donors (Lipinski definition) is 3. The summed E-state index contributed by atoms with van der Waals surface area (Å²) in [5, 5.41) is 13.3. The van der Waals surface area contributed by atoms with Gasteiger partial charge in [-0.1, -0.05) is 6.07 Å². The number of anilines is 2. The number of nitrogens with two attached hydrogens (primary N) is 1. The molecule has 5 rings (SSSR count). The molecule has 1 aromatic carbocycles. The molecule has 7 nitrogen and oxygen atoms in total. The molecule has 4 N–H and O–H groups in total. The minimum absolute atomic E-state index is 0.0770. The molecule has 168 valence electrons. The lowest BCUT2D eigenvalue weighted by Gasteiger charge is -2.29. The van der Waals surface area contributed by atoms with E-state index in [9.17, 15) is 9.90 Å². The highest BCUT2D eigenvalue weighted by Crippen LogP contribution is 2.32. The Morgan fingerprint density at radius 1 is 1.28 bits per heavy atom. The number of nitrogens with zero attached hydrogens (tertiary/aromatic N) is 3. The molecule has 32 heavy (non-hydrogen) atoms. The number of aliphatic hydroxyl groups excluding tert-OH is 1. The van der Waals surface area contributed by atoms with Crippen LogP contribution in [0.25, 0.3) is 10.3 Å². The van der Waals surface area contributed by atoms with Gasteiger partial charge in [0.2, 0.25) is 0 Å². The van der Waals surface area contributed by atoms with Gasteiger partial charge in [0.05, 0.1) is 17.5 Å². The van der Waals surface area contributed by atoms with Crippen molar-refractivity contribution in [1.29, 1.82) is 0 Å². The quantitative estimate of drug-likeness (QED) is 0.565. The van der Waals surface area contributed by atoms with E-state index in [0.29, 0.717) is 27.5 Å². The normalized spacial score (nSPS) is 21.2. The summed E-state index contributed by atoms with van der Waals surface area (Å²) in [5.74, 6) is -0.145. The Labute approximate surface area is 191 Å². The zero-order valence-corrected chi connectivity index (χ0v) is 19.1. The Kier molecular flexibility index (Phi) is 5.73. The number of nitrogen functional groups attached to an aromatic ring is 1. The number of rotatable bonds is 3. The van der Waals surface area contributed by atoms with Crippen molar-refractivity contribution in [2.24, 2.45) is 0 Å². The van der Waals surface area contributed by atoms with E-state index in [1.54, 1.807) is 6.20 Å². The van der Waals surface area contributed by atoms with Crippen LogP contribution in [0, 0.1) is 6.92 Å². The number of amides is 1. The largest absolute Gasteiger partial charge is 0.396 e. The molecule has 0 bridgehead atoms. The van der Waals surface area contributed by atoms with Crippen molar-refractivity contribution in [3.8, 4) is 0 Å². The summed E-state index contributed by atoms with van der Waals surface area (Å²) in [5.41, 5.74) is 11.8. The van der Waals surface area contributed by atoms with Crippen LogP contribution >= 0.6 is 11.3 Å². The summed E-state index contributed by atoms with van der Waals surface area (Å²) < 4.78 is 0. The molecule has 1 saturated heterocycles. The molecule has 1 fully saturated rings. The van der Waals surface area contributed by atoms with Gasteiger partial charge in [0.25, 0.3) is 5.91 Å². The van der Waals surface area contributed by atoms with E-state index in [1.165, 1.54) is 28.2 Å². The summed E-state index contributed by atoms with van der Waals surface area (Å²) in [6.45, 7) is 3.58. The average Bonchev–Trinajstić information content (AvgIpc) is 2.95. The van der Waals surface area contributed by atoms with Crippen LogP contribution in [-0.4, -0.2) is 46.2 Å². The maximum atomic E-state index is 13.0. The van der Waals surface area contributed by atoms with Crippen LogP contribution in [0.3, 0.4) is 0 Å². The number of carbonyl (C=O) groups excluding carboxylic acids is 1. The second kappa shape index (κ2) is 8.67. The highest BCUT2D eigenvalue weighted by molar-refractivity contribution is 7.21. The van der Waals surface area contributed by atoms with Gasteiger partial charge in [0, 0.05) is 31.0 Å². The number of benzene rings is 1. The van der Waals surface area contributed by atoms with Gasteiger partial charge >= 0.3 is 0 Å². The fourth-order valence-electron chi connectivity index (χ4n) is 4.81. The first-order chi connectivity index (χ1) is 15.5. The van der Waals surface area contributed by atoms with Crippen LogP contribution in [-0.2, 0) is 12.8 Å². The maximum Gasteiger partial charge on any atom is 0.263 e. The number of aromatic nitrogens is 2. The molecule has 3 heterocycles. The Hall–Kier alpha value is -2.71. The Bertz CT molecular complexity index is 1160. The lowest BCUT2D eigenvalue weighted by Crippen LogP contribution is -2.39. The minimum Gasteiger partial charge on any atom is -0.396 e. The van der Waals surface area contributed by atoms with E-state index in [0.717, 1.165) is 50.8 Å². The van der Waals surface area contributed by atoms with Gasteiger partial charge in [-0.05, 0) is 68.7 Å². The number of fused-ring (bicyclic) bond motifs is 2. The molecule has 2 aromatic heterocycles. The number of carbonyl (C=O) groups is 1. The highest BCUT2D eigenvalue weighted by atomic mass is 32.1. The van der Waals surface area contributed by atoms with E-state index in [4.69, 9.17) is 5.73 Å². The van der Waals surface area contributed by atoms with Crippen LogP contribution in [0.15, 0.2) is 24.4 Å². The van der Waals surface area contributed by atoms with E-state index in [2.05, 4.69) is 38.4 Å². The van der Waals surface area contributed by atoms with E-state index < -0.39 is 0 Å². The third-order valence-electron chi connectivity index (χ3n) is 6.53. The van der Waals surface area contributed by atoms with Crippen molar-refractivity contribution >= 4 is 39.0 Å². The third kappa shape index (κ3) is 4.17. The predicted octanol–water partition coefficient (Wildman–Crippen LogP) is 3.22. The first kappa shape index (κ1) is 21.2. The SMILES string of the molecule is Cc1cnc2c(N)c(C(=O)N[C@@H]3CCc4cc(N5CCCC[C@H](O)C5)ccc4C3)sc2n1. The summed E-state index contributed by atoms with van der Waals surface area (Å²) in [6.07, 6.45) is 7.15. The lowest BCUT2D eigenvalue weighted by atomic mass is 9.87. The zero-order valence-electron chi connectivity index (χ0n) is 18.3.